The van der Waals surface area contributed by atoms with E-state index >= 15 is 0 Å². The van der Waals surface area contributed by atoms with Gasteiger partial charge >= 0.3 is 0 Å². The molecule has 1 amide bonds. The number of benzene rings is 2. The van der Waals surface area contributed by atoms with Gasteiger partial charge in [-0.3, -0.25) is 9.59 Å². The third kappa shape index (κ3) is 3.48. The number of hydrogen-bond donors (Lipinski definition) is 1. The van der Waals surface area contributed by atoms with Gasteiger partial charge in [-0.15, -0.1) is 0 Å². The Morgan fingerprint density at radius 3 is 2.54 bits per heavy atom. The molecule has 0 bridgehead atoms. The van der Waals surface area contributed by atoms with Crippen molar-refractivity contribution in [2.45, 2.75) is 31.6 Å². The third-order valence-electron chi connectivity index (χ3n) is 4.49. The van der Waals surface area contributed by atoms with Crippen molar-refractivity contribution >= 4 is 17.4 Å². The second-order valence-corrected chi connectivity index (χ2v) is 6.03. The minimum Gasteiger partial charge on any atom is -0.497 e. The first-order valence-electron chi connectivity index (χ1n) is 8.26. The Bertz CT molecular complexity index is 737. The van der Waals surface area contributed by atoms with Gasteiger partial charge in [0.2, 0.25) is 0 Å². The van der Waals surface area contributed by atoms with E-state index in [-0.39, 0.29) is 17.6 Å². The zero-order valence-electron chi connectivity index (χ0n) is 13.7. The summed E-state index contributed by atoms with van der Waals surface area (Å²) in [5.41, 5.74) is 2.20. The quantitative estimate of drug-likeness (QED) is 0.918. The predicted octanol–water partition coefficient (Wildman–Crippen LogP) is 4.17. The number of carbonyl (C=O) groups excluding carboxylic acids is 2. The number of amides is 1. The van der Waals surface area contributed by atoms with Crippen molar-refractivity contribution < 1.29 is 14.3 Å². The minimum atomic E-state index is -0.187. The SMILES string of the molecule is COc1ccc(C(=O)Nc2ccccc2C2CCCCC2=O)cc1. The topological polar surface area (TPSA) is 55.4 Å². The van der Waals surface area contributed by atoms with E-state index in [1.54, 1.807) is 31.4 Å². The average molecular weight is 323 g/mol. The number of para-hydroxylation sites is 1. The number of ether oxygens (including phenoxy) is 1. The van der Waals surface area contributed by atoms with Gasteiger partial charge in [0.1, 0.15) is 11.5 Å². The summed E-state index contributed by atoms with van der Waals surface area (Å²) >= 11 is 0. The Morgan fingerprint density at radius 1 is 1.08 bits per heavy atom. The van der Waals surface area contributed by atoms with E-state index in [0.717, 1.165) is 30.5 Å². The molecule has 3 rings (SSSR count). The zero-order valence-corrected chi connectivity index (χ0v) is 13.7. The summed E-state index contributed by atoms with van der Waals surface area (Å²) in [6.45, 7) is 0. The van der Waals surface area contributed by atoms with Crippen molar-refractivity contribution in [3.05, 3.63) is 59.7 Å². The van der Waals surface area contributed by atoms with Crippen LogP contribution in [-0.4, -0.2) is 18.8 Å². The Balaban J connectivity index is 1.81. The van der Waals surface area contributed by atoms with Gasteiger partial charge in [-0.1, -0.05) is 24.6 Å². The largest absolute Gasteiger partial charge is 0.497 e. The molecule has 0 saturated heterocycles. The van der Waals surface area contributed by atoms with E-state index in [1.165, 1.54) is 0 Å². The molecule has 24 heavy (non-hydrogen) atoms. The molecule has 2 aromatic carbocycles. The molecule has 0 spiro atoms. The number of Topliss-reactive ketones (excluding diaryl/α,β-unsaturated/α-hetero) is 1. The van der Waals surface area contributed by atoms with Crippen LogP contribution in [0.15, 0.2) is 48.5 Å². The Labute approximate surface area is 141 Å². The van der Waals surface area contributed by atoms with Crippen LogP contribution in [0.4, 0.5) is 5.69 Å². The molecule has 1 fully saturated rings. The zero-order chi connectivity index (χ0) is 16.9. The summed E-state index contributed by atoms with van der Waals surface area (Å²) in [6.07, 6.45) is 3.51. The highest BCUT2D eigenvalue weighted by Crippen LogP contribution is 2.34. The van der Waals surface area contributed by atoms with Gasteiger partial charge in [-0.2, -0.15) is 0 Å². The molecule has 0 aliphatic heterocycles. The van der Waals surface area contributed by atoms with Crippen LogP contribution in [0, 0.1) is 0 Å². The van der Waals surface area contributed by atoms with Crippen LogP contribution in [0.1, 0.15) is 47.5 Å². The Morgan fingerprint density at radius 2 is 1.83 bits per heavy atom. The molecule has 2 aromatic rings. The molecule has 1 saturated carbocycles. The summed E-state index contributed by atoms with van der Waals surface area (Å²) in [6, 6.07) is 14.6. The molecule has 1 aliphatic carbocycles. The van der Waals surface area contributed by atoms with Gasteiger partial charge in [-0.05, 0) is 48.7 Å². The lowest BCUT2D eigenvalue weighted by atomic mass is 9.82. The second-order valence-electron chi connectivity index (χ2n) is 6.03. The average Bonchev–Trinajstić information content (AvgIpc) is 2.63. The first-order chi connectivity index (χ1) is 11.7. The number of methoxy groups -OCH3 is 1. The molecular weight excluding hydrogens is 302 g/mol. The van der Waals surface area contributed by atoms with Crippen LogP contribution in [-0.2, 0) is 4.79 Å². The van der Waals surface area contributed by atoms with Crippen LogP contribution >= 0.6 is 0 Å². The van der Waals surface area contributed by atoms with E-state index in [4.69, 9.17) is 4.74 Å². The number of carbonyl (C=O) groups is 2. The normalized spacial score (nSPS) is 17.4. The molecule has 1 aliphatic rings. The van der Waals surface area contributed by atoms with E-state index in [2.05, 4.69) is 5.32 Å². The summed E-state index contributed by atoms with van der Waals surface area (Å²) in [7, 11) is 1.59. The molecular formula is C20H21NO3. The molecule has 1 N–H and O–H groups in total. The summed E-state index contributed by atoms with van der Waals surface area (Å²) in [5, 5.41) is 2.95. The van der Waals surface area contributed by atoms with Crippen LogP contribution in [0.25, 0.3) is 0 Å². The van der Waals surface area contributed by atoms with Crippen molar-refractivity contribution in [3.8, 4) is 5.75 Å². The number of ketones is 1. The fraction of sp³-hybridized carbons (Fsp3) is 0.300. The van der Waals surface area contributed by atoms with Crippen LogP contribution < -0.4 is 10.1 Å². The van der Waals surface area contributed by atoms with Crippen LogP contribution in [0.3, 0.4) is 0 Å². The lowest BCUT2D eigenvalue weighted by molar-refractivity contribution is -0.121. The lowest BCUT2D eigenvalue weighted by Crippen LogP contribution is -2.20. The molecule has 1 unspecified atom stereocenters. The molecule has 1 atom stereocenters. The highest BCUT2D eigenvalue weighted by Gasteiger charge is 2.26. The number of anilines is 1. The van der Waals surface area contributed by atoms with E-state index in [9.17, 15) is 9.59 Å². The van der Waals surface area contributed by atoms with Gasteiger partial charge in [0.25, 0.3) is 5.91 Å². The maximum atomic E-state index is 12.5. The molecule has 124 valence electrons. The van der Waals surface area contributed by atoms with Gasteiger partial charge in [-0.25, -0.2) is 0 Å². The first-order valence-corrected chi connectivity index (χ1v) is 8.26. The standard InChI is InChI=1S/C20H21NO3/c1-24-15-12-10-14(11-13-15)20(23)21-18-8-4-2-6-16(18)17-7-3-5-9-19(17)22/h2,4,6,8,10-13,17H,3,5,7,9H2,1H3,(H,21,23). The molecule has 4 nitrogen and oxygen atoms in total. The van der Waals surface area contributed by atoms with Gasteiger partial charge in [0.05, 0.1) is 7.11 Å². The first kappa shape index (κ1) is 16.2. The van der Waals surface area contributed by atoms with Crippen molar-refractivity contribution in [1.29, 1.82) is 0 Å². The Hall–Kier alpha value is -2.62. The monoisotopic (exact) mass is 323 g/mol. The third-order valence-corrected chi connectivity index (χ3v) is 4.49. The van der Waals surface area contributed by atoms with Crippen molar-refractivity contribution in [3.63, 3.8) is 0 Å². The van der Waals surface area contributed by atoms with Crippen molar-refractivity contribution in [2.24, 2.45) is 0 Å². The number of nitrogens with one attached hydrogen (secondary N) is 1. The van der Waals surface area contributed by atoms with Crippen molar-refractivity contribution in [2.75, 3.05) is 12.4 Å². The van der Waals surface area contributed by atoms with E-state index in [0.29, 0.717) is 17.7 Å². The second kappa shape index (κ2) is 7.30. The number of rotatable bonds is 4. The summed E-state index contributed by atoms with van der Waals surface area (Å²) < 4.78 is 5.11. The molecule has 0 radical (unpaired) electrons. The maximum absolute atomic E-state index is 12.5. The summed E-state index contributed by atoms with van der Waals surface area (Å²) in [4.78, 5) is 24.7. The van der Waals surface area contributed by atoms with Gasteiger partial charge in [0, 0.05) is 23.6 Å². The highest BCUT2D eigenvalue weighted by molar-refractivity contribution is 6.05. The Kier molecular flexibility index (Phi) is 4.94. The van der Waals surface area contributed by atoms with Gasteiger partial charge in [0.15, 0.2) is 0 Å². The predicted molar refractivity (Wildman–Crippen MR) is 93.6 cm³/mol. The van der Waals surface area contributed by atoms with Crippen LogP contribution in [0.2, 0.25) is 0 Å². The van der Waals surface area contributed by atoms with Gasteiger partial charge < -0.3 is 10.1 Å². The van der Waals surface area contributed by atoms with Crippen molar-refractivity contribution in [1.82, 2.24) is 0 Å². The van der Waals surface area contributed by atoms with E-state index < -0.39 is 0 Å². The minimum absolute atomic E-state index is 0.105. The molecule has 0 heterocycles. The fourth-order valence-electron chi connectivity index (χ4n) is 3.16. The van der Waals surface area contributed by atoms with E-state index in [1.807, 2.05) is 24.3 Å². The number of hydrogen-bond acceptors (Lipinski definition) is 3. The highest BCUT2D eigenvalue weighted by atomic mass is 16.5. The summed E-state index contributed by atoms with van der Waals surface area (Å²) in [5.74, 6) is 0.687. The fourth-order valence-corrected chi connectivity index (χ4v) is 3.16. The maximum Gasteiger partial charge on any atom is 0.255 e. The molecule has 0 aromatic heterocycles. The van der Waals surface area contributed by atoms with Crippen LogP contribution in [0.5, 0.6) is 5.75 Å². The smallest absolute Gasteiger partial charge is 0.255 e. The lowest BCUT2D eigenvalue weighted by Gasteiger charge is -2.23. The molecule has 4 heteroatoms.